The number of rotatable bonds is 5. The number of primary amides is 1. The molecule has 5 nitrogen and oxygen atoms in total. The predicted octanol–water partition coefficient (Wildman–Crippen LogP) is 1.23. The summed E-state index contributed by atoms with van der Waals surface area (Å²) in [6.07, 6.45) is 0.318. The monoisotopic (exact) mass is 265 g/mol. The van der Waals surface area contributed by atoms with Gasteiger partial charge in [0.15, 0.2) is 0 Å². The number of amides is 2. The molecule has 94 valence electrons. The number of nitriles is 1. The molecule has 0 spiro atoms. The second-order valence-corrected chi connectivity index (χ2v) is 4.01. The highest BCUT2D eigenvalue weighted by Crippen LogP contribution is 2.14. The number of carbonyl (C=O) groups is 2. The summed E-state index contributed by atoms with van der Waals surface area (Å²) >= 11 is 5.86. The third-order valence-corrected chi connectivity index (χ3v) is 2.64. The molecule has 1 rings (SSSR count). The van der Waals surface area contributed by atoms with E-state index in [1.807, 2.05) is 6.07 Å². The highest BCUT2D eigenvalue weighted by molar-refractivity contribution is 6.33. The Labute approximate surface area is 110 Å². The summed E-state index contributed by atoms with van der Waals surface area (Å²) in [5.74, 6) is -1.16. The van der Waals surface area contributed by atoms with Crippen LogP contribution in [0.5, 0.6) is 0 Å². The van der Waals surface area contributed by atoms with E-state index < -0.39 is 17.9 Å². The van der Waals surface area contributed by atoms with Gasteiger partial charge in [-0.25, -0.2) is 0 Å². The molecule has 1 aromatic carbocycles. The summed E-state index contributed by atoms with van der Waals surface area (Å²) in [6, 6.07) is 7.50. The molecule has 2 amide bonds. The standard InChI is InChI=1S/C12H12ClN3O2/c13-9-5-2-1-4-8(9)12(18)16-10(11(15)17)6-3-7-14/h1-2,4-5,10H,3,6H2,(H2,15,17)(H,16,18)/t10-/m1/s1. The summed E-state index contributed by atoms with van der Waals surface area (Å²) in [5.41, 5.74) is 5.41. The summed E-state index contributed by atoms with van der Waals surface area (Å²) in [6.45, 7) is 0. The van der Waals surface area contributed by atoms with E-state index in [0.29, 0.717) is 5.02 Å². The minimum atomic E-state index is -0.867. The SMILES string of the molecule is N#CCC[C@@H](NC(=O)c1ccccc1Cl)C(N)=O. The second kappa shape index (κ2) is 6.62. The second-order valence-electron chi connectivity index (χ2n) is 3.61. The van der Waals surface area contributed by atoms with Crippen molar-refractivity contribution in [3.8, 4) is 6.07 Å². The van der Waals surface area contributed by atoms with Crippen molar-refractivity contribution in [1.29, 1.82) is 5.26 Å². The van der Waals surface area contributed by atoms with E-state index >= 15 is 0 Å². The number of hydrogen-bond donors (Lipinski definition) is 2. The Balaban J connectivity index is 2.76. The van der Waals surface area contributed by atoms with Gasteiger partial charge in [-0.3, -0.25) is 9.59 Å². The van der Waals surface area contributed by atoms with Gasteiger partial charge in [-0.2, -0.15) is 5.26 Å². The van der Waals surface area contributed by atoms with Crippen LogP contribution in [0.15, 0.2) is 24.3 Å². The van der Waals surface area contributed by atoms with Gasteiger partial charge in [0.05, 0.1) is 16.7 Å². The fraction of sp³-hybridized carbons (Fsp3) is 0.250. The molecule has 0 heterocycles. The fourth-order valence-corrected chi connectivity index (χ4v) is 1.60. The van der Waals surface area contributed by atoms with Crippen molar-refractivity contribution in [3.63, 3.8) is 0 Å². The maximum atomic E-state index is 11.9. The molecule has 0 fully saturated rings. The molecule has 0 aliphatic carbocycles. The zero-order valence-electron chi connectivity index (χ0n) is 9.52. The number of carbonyl (C=O) groups excluding carboxylic acids is 2. The first-order valence-corrected chi connectivity index (χ1v) is 5.65. The third kappa shape index (κ3) is 3.75. The zero-order valence-corrected chi connectivity index (χ0v) is 10.3. The number of nitrogens with two attached hydrogens (primary N) is 1. The lowest BCUT2D eigenvalue weighted by Gasteiger charge is -2.14. The third-order valence-electron chi connectivity index (χ3n) is 2.31. The molecule has 1 atom stereocenters. The average Bonchev–Trinajstić information content (AvgIpc) is 2.34. The summed E-state index contributed by atoms with van der Waals surface area (Å²) < 4.78 is 0. The highest BCUT2D eigenvalue weighted by atomic mass is 35.5. The van der Waals surface area contributed by atoms with Crippen LogP contribution in [-0.4, -0.2) is 17.9 Å². The largest absolute Gasteiger partial charge is 0.368 e. The van der Waals surface area contributed by atoms with E-state index in [0.717, 1.165) is 0 Å². The Hall–Kier alpha value is -2.06. The van der Waals surface area contributed by atoms with Crippen LogP contribution in [0.2, 0.25) is 5.02 Å². The molecule has 1 aromatic rings. The molecule has 0 aliphatic heterocycles. The van der Waals surface area contributed by atoms with Gasteiger partial charge >= 0.3 is 0 Å². The number of nitrogens with zero attached hydrogens (tertiary/aromatic N) is 1. The molecular weight excluding hydrogens is 254 g/mol. The Morgan fingerprint density at radius 2 is 2.11 bits per heavy atom. The van der Waals surface area contributed by atoms with E-state index in [4.69, 9.17) is 22.6 Å². The first kappa shape index (κ1) is 14.0. The van der Waals surface area contributed by atoms with Crippen LogP contribution in [0, 0.1) is 11.3 Å². The van der Waals surface area contributed by atoms with Gasteiger partial charge in [0.2, 0.25) is 5.91 Å². The molecule has 0 bridgehead atoms. The number of nitrogens with one attached hydrogen (secondary N) is 1. The van der Waals surface area contributed by atoms with E-state index in [-0.39, 0.29) is 18.4 Å². The number of hydrogen-bond acceptors (Lipinski definition) is 3. The Morgan fingerprint density at radius 1 is 1.44 bits per heavy atom. The summed E-state index contributed by atoms with van der Waals surface area (Å²) in [5, 5.41) is 11.2. The molecule has 0 aromatic heterocycles. The van der Waals surface area contributed by atoms with Crippen LogP contribution in [-0.2, 0) is 4.79 Å². The van der Waals surface area contributed by atoms with Gasteiger partial charge in [-0.15, -0.1) is 0 Å². The van der Waals surface area contributed by atoms with Crippen molar-refractivity contribution in [2.75, 3.05) is 0 Å². The molecule has 0 saturated carbocycles. The smallest absolute Gasteiger partial charge is 0.253 e. The van der Waals surface area contributed by atoms with Crippen LogP contribution in [0.3, 0.4) is 0 Å². The molecule has 18 heavy (non-hydrogen) atoms. The van der Waals surface area contributed by atoms with Crippen molar-refractivity contribution in [2.24, 2.45) is 5.73 Å². The quantitative estimate of drug-likeness (QED) is 0.838. The lowest BCUT2D eigenvalue weighted by atomic mass is 10.1. The van der Waals surface area contributed by atoms with Crippen molar-refractivity contribution < 1.29 is 9.59 Å². The fourth-order valence-electron chi connectivity index (χ4n) is 1.38. The van der Waals surface area contributed by atoms with E-state index in [1.54, 1.807) is 24.3 Å². The molecule has 0 radical (unpaired) electrons. The first-order valence-electron chi connectivity index (χ1n) is 5.28. The maximum absolute atomic E-state index is 11.9. The van der Waals surface area contributed by atoms with Crippen molar-refractivity contribution in [2.45, 2.75) is 18.9 Å². The first-order chi connectivity index (χ1) is 8.56. The minimum Gasteiger partial charge on any atom is -0.368 e. The van der Waals surface area contributed by atoms with Crippen LogP contribution >= 0.6 is 11.6 Å². The Kier molecular flexibility index (Phi) is 5.15. The molecule has 0 unspecified atom stereocenters. The zero-order chi connectivity index (χ0) is 13.5. The Morgan fingerprint density at radius 3 is 2.67 bits per heavy atom. The van der Waals surface area contributed by atoms with Crippen LogP contribution in [0.4, 0.5) is 0 Å². The highest BCUT2D eigenvalue weighted by Gasteiger charge is 2.19. The maximum Gasteiger partial charge on any atom is 0.253 e. The molecule has 6 heteroatoms. The van der Waals surface area contributed by atoms with Crippen molar-refractivity contribution in [1.82, 2.24) is 5.32 Å². The van der Waals surface area contributed by atoms with E-state index in [1.165, 1.54) is 0 Å². The number of halogens is 1. The minimum absolute atomic E-state index is 0.135. The van der Waals surface area contributed by atoms with E-state index in [9.17, 15) is 9.59 Å². The number of benzene rings is 1. The summed E-state index contributed by atoms with van der Waals surface area (Å²) in [7, 11) is 0. The molecular formula is C12H12ClN3O2. The summed E-state index contributed by atoms with van der Waals surface area (Å²) in [4.78, 5) is 23.0. The van der Waals surface area contributed by atoms with Crippen LogP contribution in [0.1, 0.15) is 23.2 Å². The van der Waals surface area contributed by atoms with Gasteiger partial charge < -0.3 is 11.1 Å². The van der Waals surface area contributed by atoms with Gasteiger partial charge in [0, 0.05) is 6.42 Å². The van der Waals surface area contributed by atoms with Gasteiger partial charge in [0.25, 0.3) is 5.91 Å². The van der Waals surface area contributed by atoms with Gasteiger partial charge in [-0.1, -0.05) is 23.7 Å². The molecule has 0 aliphatic rings. The average molecular weight is 266 g/mol. The van der Waals surface area contributed by atoms with Crippen LogP contribution in [0.25, 0.3) is 0 Å². The predicted molar refractivity (Wildman–Crippen MR) is 66.7 cm³/mol. The normalized spacial score (nSPS) is 11.3. The van der Waals surface area contributed by atoms with Crippen molar-refractivity contribution in [3.05, 3.63) is 34.9 Å². The van der Waals surface area contributed by atoms with E-state index in [2.05, 4.69) is 5.32 Å². The molecule has 3 N–H and O–H groups in total. The topological polar surface area (TPSA) is 96.0 Å². The van der Waals surface area contributed by atoms with Gasteiger partial charge in [-0.05, 0) is 18.6 Å². The Bertz CT molecular complexity index is 496. The lowest BCUT2D eigenvalue weighted by Crippen LogP contribution is -2.44. The lowest BCUT2D eigenvalue weighted by molar-refractivity contribution is -0.119. The van der Waals surface area contributed by atoms with Crippen molar-refractivity contribution >= 4 is 23.4 Å². The van der Waals surface area contributed by atoms with Crippen LogP contribution < -0.4 is 11.1 Å². The molecule has 0 saturated heterocycles. The van der Waals surface area contributed by atoms with Gasteiger partial charge in [0.1, 0.15) is 6.04 Å².